The maximum Gasteiger partial charge on any atom is 0.326 e. The van der Waals surface area contributed by atoms with Crippen LogP contribution in [0.4, 0.5) is 0 Å². The zero-order chi connectivity index (χ0) is 28.8. The third kappa shape index (κ3) is 11.9. The first-order valence-corrected chi connectivity index (χ1v) is 12.8. The highest BCUT2D eigenvalue weighted by molar-refractivity contribution is 7.98. The van der Waals surface area contributed by atoms with Gasteiger partial charge >= 0.3 is 17.9 Å². The predicted molar refractivity (Wildman–Crippen MR) is 135 cm³/mol. The fourth-order valence-corrected chi connectivity index (χ4v) is 3.69. The number of nitrogens with one attached hydrogen (secondary N) is 3. The Hall–Kier alpha value is -3.85. The van der Waals surface area contributed by atoms with Gasteiger partial charge in [0.2, 0.25) is 17.7 Å². The zero-order valence-corrected chi connectivity index (χ0v) is 21.4. The Morgan fingerprint density at radius 2 is 1.37 bits per heavy atom. The molecule has 9 N–H and O–H groups in total. The minimum absolute atomic E-state index is 0.00376. The molecule has 0 aliphatic rings. The molecule has 0 aliphatic heterocycles. The topological polar surface area (TPSA) is 245 Å². The van der Waals surface area contributed by atoms with Crippen LogP contribution in [-0.2, 0) is 35.2 Å². The molecule has 1 aromatic carbocycles. The van der Waals surface area contributed by atoms with Crippen molar-refractivity contribution in [2.24, 2.45) is 5.73 Å². The molecule has 0 spiro atoms. The monoisotopic (exact) mass is 556 g/mol. The smallest absolute Gasteiger partial charge is 0.326 e. The van der Waals surface area contributed by atoms with Crippen LogP contribution < -0.4 is 21.7 Å². The molecule has 4 unspecified atom stereocenters. The minimum Gasteiger partial charge on any atom is -0.508 e. The summed E-state index contributed by atoms with van der Waals surface area (Å²) in [5, 5.41) is 43.6. The van der Waals surface area contributed by atoms with Crippen molar-refractivity contribution in [3.8, 4) is 5.75 Å². The number of thioether (sulfide) groups is 1. The van der Waals surface area contributed by atoms with Crippen LogP contribution in [-0.4, -0.2) is 92.2 Å². The van der Waals surface area contributed by atoms with Gasteiger partial charge in [0.05, 0.1) is 12.5 Å². The Labute approximate surface area is 222 Å². The average Bonchev–Trinajstić information content (AvgIpc) is 2.84. The summed E-state index contributed by atoms with van der Waals surface area (Å²) in [7, 11) is 0. The third-order valence-electron chi connectivity index (χ3n) is 5.25. The summed E-state index contributed by atoms with van der Waals surface area (Å²) >= 11 is 1.35. The first kappa shape index (κ1) is 32.2. The van der Waals surface area contributed by atoms with E-state index in [1.807, 2.05) is 0 Å². The Balaban J connectivity index is 2.99. The van der Waals surface area contributed by atoms with E-state index in [1.165, 1.54) is 36.0 Å². The summed E-state index contributed by atoms with van der Waals surface area (Å²) in [6.07, 6.45) is -0.0428. The van der Waals surface area contributed by atoms with E-state index >= 15 is 0 Å². The van der Waals surface area contributed by atoms with Crippen LogP contribution >= 0.6 is 11.8 Å². The molecule has 15 heteroatoms. The summed E-state index contributed by atoms with van der Waals surface area (Å²) in [5.74, 6) is -6.59. The Bertz CT molecular complexity index is 1000. The first-order valence-electron chi connectivity index (χ1n) is 11.4. The number of phenolic OH excluding ortho intramolecular Hbond substituents is 1. The molecule has 14 nitrogen and oxygen atoms in total. The molecule has 1 rings (SSSR count). The Morgan fingerprint density at radius 1 is 0.816 bits per heavy atom. The van der Waals surface area contributed by atoms with Crippen LogP contribution in [0.1, 0.15) is 31.2 Å². The number of rotatable bonds is 17. The average molecular weight is 557 g/mol. The van der Waals surface area contributed by atoms with E-state index in [0.717, 1.165) is 0 Å². The maximum absolute atomic E-state index is 12.9. The molecule has 210 valence electrons. The highest BCUT2D eigenvalue weighted by Crippen LogP contribution is 2.11. The quantitative estimate of drug-likeness (QED) is 0.114. The van der Waals surface area contributed by atoms with Crippen molar-refractivity contribution in [1.82, 2.24) is 16.0 Å². The lowest BCUT2D eigenvalue weighted by atomic mass is 10.0. The summed E-state index contributed by atoms with van der Waals surface area (Å²) in [6.45, 7) is 0. The van der Waals surface area contributed by atoms with Crippen LogP contribution in [0.2, 0.25) is 0 Å². The number of benzene rings is 1. The second kappa shape index (κ2) is 16.1. The minimum atomic E-state index is -1.67. The lowest BCUT2D eigenvalue weighted by molar-refractivity contribution is -0.143. The van der Waals surface area contributed by atoms with Crippen molar-refractivity contribution >= 4 is 47.4 Å². The van der Waals surface area contributed by atoms with Crippen molar-refractivity contribution in [3.63, 3.8) is 0 Å². The van der Waals surface area contributed by atoms with E-state index in [2.05, 4.69) is 16.0 Å². The molecule has 0 aliphatic carbocycles. The molecule has 0 bridgehead atoms. The number of carboxylic acid groups (broad SMARTS) is 3. The molecule has 0 fully saturated rings. The second-order valence-corrected chi connectivity index (χ2v) is 9.30. The summed E-state index contributed by atoms with van der Waals surface area (Å²) in [6, 6.07) is 0.149. The molecule has 0 heterocycles. The standard InChI is InChI=1S/C23H32N4O10S/c1-38-9-8-16(23(36)37)26-21(34)15(6-7-18(29)30)25-22(35)17(11-19(31)32)27-20(33)14(24)10-12-2-4-13(28)5-3-12/h2-5,14-17,28H,6-11,24H2,1H3,(H,25,35)(H,26,34)(H,27,33)(H,29,30)(H,31,32)(H,36,37). The van der Waals surface area contributed by atoms with Gasteiger partial charge in [0.1, 0.15) is 23.9 Å². The van der Waals surface area contributed by atoms with E-state index < -0.39 is 79.1 Å². The van der Waals surface area contributed by atoms with Gasteiger partial charge in [-0.15, -0.1) is 0 Å². The lowest BCUT2D eigenvalue weighted by Crippen LogP contribution is -2.57. The molecule has 0 saturated carbocycles. The number of aromatic hydroxyl groups is 1. The molecule has 38 heavy (non-hydrogen) atoms. The molecule has 3 amide bonds. The van der Waals surface area contributed by atoms with Crippen molar-refractivity contribution in [3.05, 3.63) is 29.8 Å². The number of phenols is 1. The number of amides is 3. The van der Waals surface area contributed by atoms with E-state index in [9.17, 15) is 44.1 Å². The molecule has 0 aromatic heterocycles. The van der Waals surface area contributed by atoms with Crippen LogP contribution in [0.15, 0.2) is 24.3 Å². The molecule has 0 radical (unpaired) electrons. The predicted octanol–water partition coefficient (Wildman–Crippen LogP) is -1.11. The summed E-state index contributed by atoms with van der Waals surface area (Å²) in [5.41, 5.74) is 6.47. The van der Waals surface area contributed by atoms with Gasteiger partial charge in [0, 0.05) is 6.42 Å². The normalized spacial score (nSPS) is 13.8. The number of carboxylic acids is 3. The largest absolute Gasteiger partial charge is 0.508 e. The van der Waals surface area contributed by atoms with Crippen LogP contribution in [0.25, 0.3) is 0 Å². The van der Waals surface area contributed by atoms with Gasteiger partial charge in [-0.25, -0.2) is 4.79 Å². The number of carbonyl (C=O) groups is 6. The van der Waals surface area contributed by atoms with Crippen molar-refractivity contribution < 1.29 is 49.2 Å². The fourth-order valence-electron chi connectivity index (χ4n) is 3.22. The van der Waals surface area contributed by atoms with Gasteiger partial charge in [0.15, 0.2) is 0 Å². The van der Waals surface area contributed by atoms with Crippen LogP contribution in [0, 0.1) is 0 Å². The molecule has 4 atom stereocenters. The summed E-state index contributed by atoms with van der Waals surface area (Å²) < 4.78 is 0. The molecule has 0 saturated heterocycles. The highest BCUT2D eigenvalue weighted by atomic mass is 32.2. The van der Waals surface area contributed by atoms with Crippen molar-refractivity contribution in [2.75, 3.05) is 12.0 Å². The number of carbonyl (C=O) groups excluding carboxylic acids is 3. The van der Waals surface area contributed by atoms with Gasteiger partial charge in [-0.3, -0.25) is 24.0 Å². The number of nitrogens with two attached hydrogens (primary N) is 1. The fraction of sp³-hybridized carbons (Fsp3) is 0.478. The van der Waals surface area contributed by atoms with Crippen molar-refractivity contribution in [2.45, 2.75) is 56.3 Å². The Kier molecular flexibility index (Phi) is 13.6. The van der Waals surface area contributed by atoms with Gasteiger partial charge in [-0.1, -0.05) is 12.1 Å². The molecular weight excluding hydrogens is 524 g/mol. The lowest BCUT2D eigenvalue weighted by Gasteiger charge is -2.24. The third-order valence-corrected chi connectivity index (χ3v) is 5.89. The SMILES string of the molecule is CSCCC(NC(=O)C(CCC(=O)O)NC(=O)C(CC(=O)O)NC(=O)C(N)Cc1ccc(O)cc1)C(=O)O. The van der Waals surface area contributed by atoms with Gasteiger partial charge < -0.3 is 42.1 Å². The van der Waals surface area contributed by atoms with Gasteiger partial charge in [0.25, 0.3) is 0 Å². The van der Waals surface area contributed by atoms with Crippen molar-refractivity contribution in [1.29, 1.82) is 0 Å². The van der Waals surface area contributed by atoms with Gasteiger partial charge in [-0.05, 0) is 49.0 Å². The van der Waals surface area contributed by atoms with Gasteiger partial charge in [-0.2, -0.15) is 11.8 Å². The maximum atomic E-state index is 12.9. The van der Waals surface area contributed by atoms with E-state index in [0.29, 0.717) is 11.3 Å². The second-order valence-electron chi connectivity index (χ2n) is 8.31. The van der Waals surface area contributed by atoms with Crippen LogP contribution in [0.3, 0.4) is 0 Å². The van der Waals surface area contributed by atoms with E-state index in [-0.39, 0.29) is 18.6 Å². The number of hydrogen-bond acceptors (Lipinski definition) is 9. The summed E-state index contributed by atoms with van der Waals surface area (Å²) in [4.78, 5) is 72.1. The van der Waals surface area contributed by atoms with Crippen LogP contribution in [0.5, 0.6) is 5.75 Å². The first-order chi connectivity index (χ1) is 17.8. The van der Waals surface area contributed by atoms with E-state index in [4.69, 9.17) is 10.8 Å². The van der Waals surface area contributed by atoms with E-state index in [1.54, 1.807) is 6.26 Å². The highest BCUT2D eigenvalue weighted by Gasteiger charge is 2.31. The Morgan fingerprint density at radius 3 is 1.89 bits per heavy atom. The molecular formula is C23H32N4O10S. The number of hydrogen-bond donors (Lipinski definition) is 8. The zero-order valence-electron chi connectivity index (χ0n) is 20.6. The molecule has 1 aromatic rings. The number of aliphatic carboxylic acids is 3.